The highest BCUT2D eigenvalue weighted by atomic mass is 15.1. The number of rotatable bonds is 9. The van der Waals surface area contributed by atoms with Crippen molar-refractivity contribution in [3.8, 4) is 0 Å². The maximum absolute atomic E-state index is 3.94. The van der Waals surface area contributed by atoms with Crippen LogP contribution in [-0.2, 0) is 0 Å². The summed E-state index contributed by atoms with van der Waals surface area (Å²) in [6.45, 7) is 4.49. The third-order valence-corrected chi connectivity index (χ3v) is 6.11. The molecule has 0 aliphatic carbocycles. The molecule has 0 bridgehead atoms. The largest absolute Gasteiger partial charge is 0.302 e. The second-order valence-electron chi connectivity index (χ2n) is 8.37. The fraction of sp³-hybridized carbons (Fsp3) is 0.200. The summed E-state index contributed by atoms with van der Waals surface area (Å²) in [5.41, 5.74) is 5.13. The van der Waals surface area contributed by atoms with Gasteiger partial charge in [-0.1, -0.05) is 121 Å². The zero-order valence-electron chi connectivity index (χ0n) is 18.9. The van der Waals surface area contributed by atoms with E-state index in [-0.39, 0.29) is 24.2 Å². The molecule has 0 heterocycles. The van der Waals surface area contributed by atoms with Gasteiger partial charge in [-0.25, -0.2) is 0 Å². The van der Waals surface area contributed by atoms with E-state index in [9.17, 15) is 0 Å². The van der Waals surface area contributed by atoms with Crippen LogP contribution in [0.25, 0.3) is 0 Å². The SMILES string of the molecule is C[C@@H](NC(c1ccccc1)C(N[C@H](C)c1ccccc1)c1ccccc1)c1ccccc1. The molecule has 162 valence electrons. The normalized spacial score (nSPS) is 14.9. The lowest BCUT2D eigenvalue weighted by Crippen LogP contribution is -2.37. The molecule has 2 heteroatoms. The predicted octanol–water partition coefficient (Wildman–Crippen LogP) is 7.17. The minimum atomic E-state index is 0.0972. The molecule has 4 rings (SSSR count). The van der Waals surface area contributed by atoms with Crippen molar-refractivity contribution in [2.24, 2.45) is 0 Å². The summed E-state index contributed by atoms with van der Waals surface area (Å²) in [6, 6.07) is 43.5. The fourth-order valence-corrected chi connectivity index (χ4v) is 4.31. The minimum absolute atomic E-state index is 0.0972. The Morgan fingerprint density at radius 2 is 0.625 bits per heavy atom. The van der Waals surface area contributed by atoms with Crippen LogP contribution >= 0.6 is 0 Å². The van der Waals surface area contributed by atoms with Gasteiger partial charge in [0.05, 0.1) is 12.1 Å². The van der Waals surface area contributed by atoms with Crippen molar-refractivity contribution in [2.45, 2.75) is 38.0 Å². The lowest BCUT2D eigenvalue weighted by Gasteiger charge is -2.34. The van der Waals surface area contributed by atoms with Crippen LogP contribution in [0.5, 0.6) is 0 Å². The van der Waals surface area contributed by atoms with Crippen LogP contribution in [0, 0.1) is 0 Å². The van der Waals surface area contributed by atoms with Crippen molar-refractivity contribution in [1.82, 2.24) is 10.6 Å². The summed E-state index contributed by atoms with van der Waals surface area (Å²) >= 11 is 0. The molecule has 0 fully saturated rings. The van der Waals surface area contributed by atoms with Crippen LogP contribution in [0.4, 0.5) is 0 Å². The molecule has 0 radical (unpaired) electrons. The molecular weight excluding hydrogens is 388 g/mol. The Hall–Kier alpha value is -3.20. The lowest BCUT2D eigenvalue weighted by atomic mass is 9.90. The van der Waals surface area contributed by atoms with Gasteiger partial charge in [0, 0.05) is 12.1 Å². The Balaban J connectivity index is 1.70. The molecule has 4 aromatic carbocycles. The first-order chi connectivity index (χ1) is 15.7. The Kier molecular flexibility index (Phi) is 7.50. The maximum atomic E-state index is 3.94. The van der Waals surface area contributed by atoms with Crippen molar-refractivity contribution < 1.29 is 0 Å². The zero-order valence-corrected chi connectivity index (χ0v) is 18.9. The molecule has 2 N–H and O–H groups in total. The highest BCUT2D eigenvalue weighted by molar-refractivity contribution is 5.30. The van der Waals surface area contributed by atoms with Crippen LogP contribution in [-0.4, -0.2) is 0 Å². The quantitative estimate of drug-likeness (QED) is 0.300. The number of hydrogen-bond donors (Lipinski definition) is 2. The van der Waals surface area contributed by atoms with Crippen LogP contribution in [0.2, 0.25) is 0 Å². The van der Waals surface area contributed by atoms with Gasteiger partial charge in [-0.05, 0) is 36.1 Å². The van der Waals surface area contributed by atoms with E-state index in [0.29, 0.717) is 0 Å². The highest BCUT2D eigenvalue weighted by Crippen LogP contribution is 2.33. The van der Waals surface area contributed by atoms with Crippen molar-refractivity contribution in [2.75, 3.05) is 0 Å². The van der Waals surface area contributed by atoms with Gasteiger partial charge in [-0.3, -0.25) is 0 Å². The monoisotopic (exact) mass is 420 g/mol. The third-order valence-electron chi connectivity index (χ3n) is 6.11. The molecule has 0 saturated heterocycles. The molecule has 0 amide bonds. The Bertz CT molecular complexity index is 960. The summed E-state index contributed by atoms with van der Waals surface area (Å²) in [4.78, 5) is 0. The summed E-state index contributed by atoms with van der Waals surface area (Å²) in [6.07, 6.45) is 0. The fourth-order valence-electron chi connectivity index (χ4n) is 4.31. The Morgan fingerprint density at radius 1 is 0.375 bits per heavy atom. The van der Waals surface area contributed by atoms with Gasteiger partial charge in [-0.2, -0.15) is 0 Å². The molecule has 4 atom stereocenters. The first kappa shape index (κ1) is 22.0. The highest BCUT2D eigenvalue weighted by Gasteiger charge is 2.28. The van der Waals surface area contributed by atoms with E-state index < -0.39 is 0 Å². The van der Waals surface area contributed by atoms with E-state index in [4.69, 9.17) is 0 Å². The number of benzene rings is 4. The molecular formula is C30H32N2. The van der Waals surface area contributed by atoms with Crippen molar-refractivity contribution in [3.05, 3.63) is 144 Å². The van der Waals surface area contributed by atoms with E-state index in [1.54, 1.807) is 0 Å². The molecule has 2 unspecified atom stereocenters. The first-order valence-electron chi connectivity index (χ1n) is 11.4. The summed E-state index contributed by atoms with van der Waals surface area (Å²) in [5.74, 6) is 0. The number of hydrogen-bond acceptors (Lipinski definition) is 2. The molecule has 0 aromatic heterocycles. The molecule has 0 saturated carbocycles. The van der Waals surface area contributed by atoms with Crippen molar-refractivity contribution >= 4 is 0 Å². The average molecular weight is 421 g/mol. The molecule has 0 aliphatic rings. The zero-order chi connectivity index (χ0) is 22.2. The second kappa shape index (κ2) is 10.9. The molecule has 0 spiro atoms. The van der Waals surface area contributed by atoms with Gasteiger partial charge in [-0.15, -0.1) is 0 Å². The van der Waals surface area contributed by atoms with E-state index in [1.807, 2.05) is 0 Å². The average Bonchev–Trinajstić information content (AvgIpc) is 2.88. The topological polar surface area (TPSA) is 24.1 Å². The Morgan fingerprint density at radius 3 is 0.906 bits per heavy atom. The van der Waals surface area contributed by atoms with Gasteiger partial charge >= 0.3 is 0 Å². The van der Waals surface area contributed by atoms with Crippen LogP contribution in [0.15, 0.2) is 121 Å². The van der Waals surface area contributed by atoms with Crippen LogP contribution < -0.4 is 10.6 Å². The van der Waals surface area contributed by atoms with Crippen molar-refractivity contribution in [1.29, 1.82) is 0 Å². The van der Waals surface area contributed by atoms with Crippen molar-refractivity contribution in [3.63, 3.8) is 0 Å². The van der Waals surface area contributed by atoms with E-state index >= 15 is 0 Å². The molecule has 4 aromatic rings. The maximum Gasteiger partial charge on any atom is 0.0523 e. The molecule has 32 heavy (non-hydrogen) atoms. The van der Waals surface area contributed by atoms with Gasteiger partial charge < -0.3 is 10.6 Å². The summed E-state index contributed by atoms with van der Waals surface area (Å²) in [7, 11) is 0. The van der Waals surface area contributed by atoms with Crippen LogP contribution in [0.3, 0.4) is 0 Å². The van der Waals surface area contributed by atoms with Gasteiger partial charge in [0.2, 0.25) is 0 Å². The third kappa shape index (κ3) is 5.53. The summed E-state index contributed by atoms with van der Waals surface area (Å²) in [5, 5.41) is 7.88. The smallest absolute Gasteiger partial charge is 0.0523 e. The van der Waals surface area contributed by atoms with E-state index in [0.717, 1.165) is 0 Å². The minimum Gasteiger partial charge on any atom is -0.302 e. The first-order valence-corrected chi connectivity index (χ1v) is 11.4. The van der Waals surface area contributed by atoms with Gasteiger partial charge in [0.1, 0.15) is 0 Å². The molecule has 2 nitrogen and oxygen atoms in total. The summed E-state index contributed by atoms with van der Waals surface area (Å²) < 4.78 is 0. The van der Waals surface area contributed by atoms with E-state index in [1.165, 1.54) is 22.3 Å². The number of nitrogens with one attached hydrogen (secondary N) is 2. The predicted molar refractivity (Wildman–Crippen MR) is 134 cm³/mol. The van der Waals surface area contributed by atoms with Gasteiger partial charge in [0.25, 0.3) is 0 Å². The standard InChI is InChI=1S/C30H32N2/c1-23(25-15-7-3-8-16-25)31-29(27-19-11-5-12-20-27)30(28-21-13-6-14-22-28)32-24(2)26-17-9-4-10-18-26/h3-24,29-32H,1-2H3/t23-,24-,29?,30?/m1/s1. The van der Waals surface area contributed by atoms with Crippen LogP contribution in [0.1, 0.15) is 60.3 Å². The second-order valence-corrected chi connectivity index (χ2v) is 8.37. The Labute approximate surface area is 192 Å². The van der Waals surface area contributed by atoms with E-state index in [2.05, 4.69) is 146 Å². The van der Waals surface area contributed by atoms with Gasteiger partial charge in [0.15, 0.2) is 0 Å². The lowest BCUT2D eigenvalue weighted by molar-refractivity contribution is 0.333. The molecule has 0 aliphatic heterocycles.